The number of carbonyl (C=O) groups is 2. The number of ether oxygens (including phenoxy) is 2. The van der Waals surface area contributed by atoms with Crippen molar-refractivity contribution in [2.75, 3.05) is 44.9 Å². The third-order valence-corrected chi connectivity index (χ3v) is 5.35. The van der Waals surface area contributed by atoms with E-state index in [1.807, 2.05) is 0 Å². The lowest BCUT2D eigenvalue weighted by Crippen LogP contribution is -2.50. The molecule has 0 aliphatic carbocycles. The molecule has 2 unspecified atom stereocenters. The Morgan fingerprint density at radius 3 is 2.81 bits per heavy atom. The molecule has 2 atom stereocenters. The van der Waals surface area contributed by atoms with E-state index in [1.54, 1.807) is 4.90 Å². The number of morpholine rings is 1. The minimum Gasteiger partial charge on any atom is -0.467 e. The number of esters is 1. The molecule has 8 nitrogen and oxygen atoms in total. The minimum absolute atomic E-state index is 0.00658. The fourth-order valence-corrected chi connectivity index (χ4v) is 4.18. The summed E-state index contributed by atoms with van der Waals surface area (Å²) in [6.45, 7) is 1.31. The number of amides is 1. The lowest BCUT2D eigenvalue weighted by Gasteiger charge is -2.31. The lowest BCUT2D eigenvalue weighted by molar-refractivity contribution is -0.160. The van der Waals surface area contributed by atoms with Gasteiger partial charge in [-0.15, -0.1) is 0 Å². The molecule has 2 fully saturated rings. The number of hydrogen-bond acceptors (Lipinski definition) is 7. The topological polar surface area (TPSA) is 102 Å². The Kier molecular flexibility index (Phi) is 5.17. The van der Waals surface area contributed by atoms with Crippen LogP contribution >= 0.6 is 0 Å². The van der Waals surface area contributed by atoms with Crippen LogP contribution < -0.4 is 5.32 Å². The number of nitrogens with one attached hydrogen (secondary N) is 1. The van der Waals surface area contributed by atoms with E-state index in [4.69, 9.17) is 4.74 Å². The molecular weight excluding hydrogens is 300 g/mol. The van der Waals surface area contributed by atoms with Crippen LogP contribution in [0.5, 0.6) is 0 Å². The summed E-state index contributed by atoms with van der Waals surface area (Å²) < 4.78 is 32.6. The molecule has 1 N–H and O–H groups in total. The highest BCUT2D eigenvalue weighted by Crippen LogP contribution is 2.11. The number of nitrogens with zero attached hydrogens (tertiary/aromatic N) is 1. The first-order chi connectivity index (χ1) is 9.89. The van der Waals surface area contributed by atoms with Gasteiger partial charge in [-0.05, 0) is 6.42 Å². The van der Waals surface area contributed by atoms with Crippen LogP contribution in [0, 0.1) is 0 Å². The van der Waals surface area contributed by atoms with Gasteiger partial charge in [-0.2, -0.15) is 0 Å². The van der Waals surface area contributed by atoms with E-state index in [0.29, 0.717) is 26.1 Å². The van der Waals surface area contributed by atoms with Crippen molar-refractivity contribution >= 4 is 21.7 Å². The Hall–Kier alpha value is -1.19. The smallest absolute Gasteiger partial charge is 0.336 e. The monoisotopic (exact) mass is 320 g/mol. The van der Waals surface area contributed by atoms with Crippen LogP contribution in [0.4, 0.5) is 0 Å². The van der Waals surface area contributed by atoms with E-state index < -0.39 is 21.9 Å². The summed E-state index contributed by atoms with van der Waals surface area (Å²) in [5.41, 5.74) is 0. The predicted molar refractivity (Wildman–Crippen MR) is 73.4 cm³/mol. The molecule has 21 heavy (non-hydrogen) atoms. The highest BCUT2D eigenvalue weighted by molar-refractivity contribution is 7.91. The number of hydrogen-bond donors (Lipinski definition) is 1. The summed E-state index contributed by atoms with van der Waals surface area (Å²) in [5.74, 6) is -0.559. The third-order valence-electron chi connectivity index (χ3n) is 3.58. The second-order valence-electron chi connectivity index (χ2n) is 5.29. The minimum atomic E-state index is -3.01. The van der Waals surface area contributed by atoms with Gasteiger partial charge in [0.1, 0.15) is 0 Å². The number of methoxy groups -OCH3 is 1. The van der Waals surface area contributed by atoms with Crippen LogP contribution in [0.2, 0.25) is 0 Å². The molecule has 0 aromatic heterocycles. The van der Waals surface area contributed by atoms with Crippen molar-refractivity contribution in [3.8, 4) is 0 Å². The molecule has 0 saturated carbocycles. The maximum atomic E-state index is 11.9. The number of rotatable bonds is 4. The van der Waals surface area contributed by atoms with E-state index in [9.17, 15) is 18.0 Å². The van der Waals surface area contributed by atoms with Crippen molar-refractivity contribution in [1.29, 1.82) is 0 Å². The van der Waals surface area contributed by atoms with Crippen molar-refractivity contribution in [3.63, 3.8) is 0 Å². The maximum Gasteiger partial charge on any atom is 0.336 e. The molecule has 2 aliphatic rings. The summed E-state index contributed by atoms with van der Waals surface area (Å²) in [5, 5.41) is 2.72. The van der Waals surface area contributed by atoms with E-state index in [0.717, 1.165) is 0 Å². The van der Waals surface area contributed by atoms with Gasteiger partial charge in [0.25, 0.3) is 0 Å². The first kappa shape index (κ1) is 16.2. The van der Waals surface area contributed by atoms with Crippen molar-refractivity contribution in [2.24, 2.45) is 0 Å². The van der Waals surface area contributed by atoms with Gasteiger partial charge >= 0.3 is 5.97 Å². The molecule has 2 heterocycles. The molecule has 0 aromatic rings. The van der Waals surface area contributed by atoms with Gasteiger partial charge in [0.05, 0.1) is 31.8 Å². The summed E-state index contributed by atoms with van der Waals surface area (Å²) in [4.78, 5) is 25.1. The second kappa shape index (κ2) is 6.71. The largest absolute Gasteiger partial charge is 0.467 e. The molecular formula is C12H20N2O6S. The number of sulfone groups is 1. The molecule has 2 saturated heterocycles. The average Bonchev–Trinajstić information content (AvgIpc) is 2.77. The van der Waals surface area contributed by atoms with Gasteiger partial charge in [-0.3, -0.25) is 9.69 Å². The van der Waals surface area contributed by atoms with Crippen LogP contribution in [-0.2, 0) is 28.9 Å². The fraction of sp³-hybridized carbons (Fsp3) is 0.833. The van der Waals surface area contributed by atoms with Crippen molar-refractivity contribution in [2.45, 2.75) is 18.6 Å². The van der Waals surface area contributed by atoms with Crippen LogP contribution in [-0.4, -0.2) is 82.2 Å². The van der Waals surface area contributed by atoms with Gasteiger partial charge in [0.2, 0.25) is 5.91 Å². The molecule has 0 spiro atoms. The Bertz CT molecular complexity index is 506. The van der Waals surface area contributed by atoms with Crippen molar-refractivity contribution < 1.29 is 27.5 Å². The first-order valence-electron chi connectivity index (χ1n) is 6.81. The molecule has 120 valence electrons. The zero-order valence-corrected chi connectivity index (χ0v) is 12.7. The summed E-state index contributed by atoms with van der Waals surface area (Å²) >= 11 is 0. The highest BCUT2D eigenvalue weighted by Gasteiger charge is 2.31. The predicted octanol–water partition coefficient (Wildman–Crippen LogP) is -1.84. The average molecular weight is 320 g/mol. The molecule has 0 radical (unpaired) electrons. The zero-order chi connectivity index (χ0) is 15.5. The molecule has 2 aliphatic heterocycles. The molecule has 0 aromatic carbocycles. The van der Waals surface area contributed by atoms with Crippen LogP contribution in [0.15, 0.2) is 0 Å². The quantitative estimate of drug-likeness (QED) is 0.608. The Balaban J connectivity index is 1.78. The van der Waals surface area contributed by atoms with Crippen LogP contribution in [0.1, 0.15) is 6.42 Å². The Morgan fingerprint density at radius 2 is 2.19 bits per heavy atom. The Morgan fingerprint density at radius 1 is 1.43 bits per heavy atom. The number of carbonyl (C=O) groups excluding carboxylic acids is 2. The van der Waals surface area contributed by atoms with E-state index in [1.165, 1.54) is 7.11 Å². The van der Waals surface area contributed by atoms with Crippen molar-refractivity contribution in [3.05, 3.63) is 0 Å². The molecule has 9 heteroatoms. The summed E-state index contributed by atoms with van der Waals surface area (Å²) in [7, 11) is -1.72. The zero-order valence-electron chi connectivity index (χ0n) is 11.9. The normalized spacial score (nSPS) is 29.0. The maximum absolute atomic E-state index is 11.9. The summed E-state index contributed by atoms with van der Waals surface area (Å²) in [6, 6.07) is -0.306. The van der Waals surface area contributed by atoms with Gasteiger partial charge in [-0.1, -0.05) is 0 Å². The van der Waals surface area contributed by atoms with Gasteiger partial charge < -0.3 is 14.8 Å². The lowest BCUT2D eigenvalue weighted by atomic mass is 10.2. The van der Waals surface area contributed by atoms with Gasteiger partial charge in [-0.25, -0.2) is 13.2 Å². The SMILES string of the molecule is COC(=O)C1CN(CC(=O)NC2CCS(=O)(=O)C2)CCO1. The third kappa shape index (κ3) is 4.65. The standard InChI is InChI=1S/C12H20N2O6S/c1-19-12(16)10-6-14(3-4-20-10)7-11(15)13-9-2-5-21(17,18)8-9/h9-10H,2-8H2,1H3,(H,13,15). The summed E-state index contributed by atoms with van der Waals surface area (Å²) in [6.07, 6.45) is -0.217. The Labute approximate surface area is 123 Å². The van der Waals surface area contributed by atoms with E-state index in [2.05, 4.69) is 10.1 Å². The molecule has 1 amide bonds. The highest BCUT2D eigenvalue weighted by atomic mass is 32.2. The molecule has 2 rings (SSSR count). The van der Waals surface area contributed by atoms with E-state index >= 15 is 0 Å². The fourth-order valence-electron chi connectivity index (χ4n) is 2.51. The molecule has 0 bridgehead atoms. The van der Waals surface area contributed by atoms with Gasteiger partial charge in [0.15, 0.2) is 15.9 Å². The first-order valence-corrected chi connectivity index (χ1v) is 8.63. The second-order valence-corrected chi connectivity index (χ2v) is 7.51. The van der Waals surface area contributed by atoms with Crippen molar-refractivity contribution in [1.82, 2.24) is 10.2 Å². The van der Waals surface area contributed by atoms with Crippen LogP contribution in [0.3, 0.4) is 0 Å². The van der Waals surface area contributed by atoms with Crippen LogP contribution in [0.25, 0.3) is 0 Å². The van der Waals surface area contributed by atoms with E-state index in [-0.39, 0.29) is 30.0 Å². The van der Waals surface area contributed by atoms with Gasteiger partial charge in [0, 0.05) is 19.1 Å².